The Bertz CT molecular complexity index is 800. The number of nitrogens with one attached hydrogen (secondary N) is 2. The van der Waals surface area contributed by atoms with E-state index in [9.17, 15) is 14.7 Å². The Morgan fingerprint density at radius 3 is 2.74 bits per heavy atom. The normalized spacial score (nSPS) is 19.7. The lowest BCUT2D eigenvalue weighted by Crippen LogP contribution is -2.40. The van der Waals surface area contributed by atoms with Crippen LogP contribution in [0, 0.1) is 5.92 Å². The molecule has 1 fully saturated rings. The maximum Gasteiger partial charge on any atom is 0.290 e. The van der Waals surface area contributed by atoms with Gasteiger partial charge >= 0.3 is 0 Å². The van der Waals surface area contributed by atoms with Crippen LogP contribution in [-0.2, 0) is 27.3 Å². The van der Waals surface area contributed by atoms with Crippen LogP contribution in [0.2, 0.25) is 0 Å². The van der Waals surface area contributed by atoms with Crippen LogP contribution in [0.15, 0.2) is 43.2 Å². The van der Waals surface area contributed by atoms with E-state index in [1.165, 1.54) is 0 Å². The second-order valence-electron chi connectivity index (χ2n) is 7.32. The minimum atomic E-state index is -0.691. The van der Waals surface area contributed by atoms with E-state index in [0.717, 1.165) is 18.5 Å². The Morgan fingerprint density at radius 2 is 2.06 bits per heavy atom. The summed E-state index contributed by atoms with van der Waals surface area (Å²) in [6.07, 6.45) is 10.7. The van der Waals surface area contributed by atoms with Crippen molar-refractivity contribution in [3.8, 4) is 0 Å². The van der Waals surface area contributed by atoms with Crippen molar-refractivity contribution in [3.05, 3.63) is 48.8 Å². The van der Waals surface area contributed by atoms with E-state index >= 15 is 0 Å². The minimum absolute atomic E-state index is 0.0585. The molecule has 10 nitrogen and oxygen atoms in total. The monoisotopic (exact) mass is 431 g/mol. The van der Waals surface area contributed by atoms with Crippen LogP contribution in [0.25, 0.3) is 0 Å². The highest BCUT2D eigenvalue weighted by Crippen LogP contribution is 2.26. The number of pyridine rings is 1. The highest BCUT2D eigenvalue weighted by molar-refractivity contribution is 5.80. The van der Waals surface area contributed by atoms with Crippen molar-refractivity contribution >= 4 is 18.3 Å². The molecule has 0 aliphatic heterocycles. The summed E-state index contributed by atoms with van der Waals surface area (Å²) in [4.78, 5) is 40.9. The van der Waals surface area contributed by atoms with E-state index in [1.807, 2.05) is 22.9 Å². The van der Waals surface area contributed by atoms with Crippen molar-refractivity contribution in [2.45, 2.75) is 50.8 Å². The molecule has 1 aliphatic rings. The Morgan fingerprint density at radius 1 is 1.26 bits per heavy atom. The number of aliphatic hydroxyl groups is 1. The van der Waals surface area contributed by atoms with Crippen molar-refractivity contribution in [1.82, 2.24) is 25.2 Å². The van der Waals surface area contributed by atoms with Gasteiger partial charge in [0.2, 0.25) is 11.8 Å². The van der Waals surface area contributed by atoms with Gasteiger partial charge in [-0.15, -0.1) is 0 Å². The third-order valence-corrected chi connectivity index (χ3v) is 5.06. The molecule has 2 aromatic rings. The van der Waals surface area contributed by atoms with E-state index in [4.69, 9.17) is 9.90 Å². The van der Waals surface area contributed by atoms with Gasteiger partial charge < -0.3 is 25.4 Å². The van der Waals surface area contributed by atoms with Gasteiger partial charge in [0.05, 0.1) is 18.5 Å². The number of imidazole rings is 1. The number of amides is 2. The Labute approximate surface area is 180 Å². The van der Waals surface area contributed by atoms with Gasteiger partial charge in [-0.3, -0.25) is 19.4 Å². The third kappa shape index (κ3) is 8.55. The first-order valence-corrected chi connectivity index (χ1v) is 10.2. The van der Waals surface area contributed by atoms with Crippen LogP contribution < -0.4 is 10.6 Å². The maximum atomic E-state index is 12.3. The van der Waals surface area contributed by atoms with Gasteiger partial charge in [-0.1, -0.05) is 6.07 Å². The summed E-state index contributed by atoms with van der Waals surface area (Å²) in [5.41, 5.74) is 0.998. The van der Waals surface area contributed by atoms with Crippen molar-refractivity contribution in [1.29, 1.82) is 0 Å². The summed E-state index contributed by atoms with van der Waals surface area (Å²) in [5, 5.41) is 22.9. The largest absolute Gasteiger partial charge is 0.483 e. The lowest BCUT2D eigenvalue weighted by molar-refractivity contribution is -0.125. The average Bonchev–Trinajstić information content (AvgIpc) is 3.41. The Hall–Kier alpha value is -3.27. The summed E-state index contributed by atoms with van der Waals surface area (Å²) >= 11 is 0. The van der Waals surface area contributed by atoms with Crippen LogP contribution >= 0.6 is 0 Å². The lowest BCUT2D eigenvalue weighted by atomic mass is 10.1. The molecule has 0 spiro atoms. The molecular weight excluding hydrogens is 402 g/mol. The quantitative estimate of drug-likeness (QED) is 0.331. The fourth-order valence-corrected chi connectivity index (χ4v) is 3.50. The molecule has 2 heterocycles. The Kier molecular flexibility index (Phi) is 10.2. The third-order valence-electron chi connectivity index (χ3n) is 5.06. The molecule has 0 saturated heterocycles. The zero-order chi connectivity index (χ0) is 22.5. The average molecular weight is 431 g/mol. The molecule has 1 aliphatic carbocycles. The fourth-order valence-electron chi connectivity index (χ4n) is 3.50. The number of aryl methyl sites for hydroxylation is 2. The predicted octanol–water partition coefficient (Wildman–Crippen LogP) is 0.374. The van der Waals surface area contributed by atoms with Crippen LogP contribution in [0.4, 0.5) is 0 Å². The number of carbonyl (C=O) groups excluding carboxylic acids is 2. The van der Waals surface area contributed by atoms with Gasteiger partial charge in [-0.05, 0) is 37.3 Å². The molecule has 0 unspecified atom stereocenters. The van der Waals surface area contributed by atoms with Crippen molar-refractivity contribution in [3.63, 3.8) is 0 Å². The number of aliphatic hydroxyl groups excluding tert-OH is 1. The molecule has 168 valence electrons. The number of hydrogen-bond donors (Lipinski definition) is 4. The molecule has 0 bridgehead atoms. The summed E-state index contributed by atoms with van der Waals surface area (Å²) in [7, 11) is 0. The number of carbonyl (C=O) groups is 3. The number of hydrogen-bond acceptors (Lipinski definition) is 6. The number of nitrogens with zero attached hydrogens (tertiary/aromatic N) is 3. The first-order chi connectivity index (χ1) is 15.0. The van der Waals surface area contributed by atoms with E-state index in [1.54, 1.807) is 24.9 Å². The molecule has 0 aromatic carbocycles. The maximum absolute atomic E-state index is 12.3. The van der Waals surface area contributed by atoms with E-state index < -0.39 is 6.10 Å². The summed E-state index contributed by atoms with van der Waals surface area (Å²) in [5.74, 6) is -0.446. The number of aromatic nitrogens is 3. The molecule has 10 heteroatoms. The summed E-state index contributed by atoms with van der Waals surface area (Å²) in [6.45, 7) is 1.12. The van der Waals surface area contributed by atoms with Gasteiger partial charge in [0, 0.05) is 50.2 Å². The minimum Gasteiger partial charge on any atom is -0.483 e. The van der Waals surface area contributed by atoms with Crippen LogP contribution in [0.3, 0.4) is 0 Å². The summed E-state index contributed by atoms with van der Waals surface area (Å²) < 4.78 is 1.96. The Balaban J connectivity index is 0.00000107. The van der Waals surface area contributed by atoms with Gasteiger partial charge in [-0.25, -0.2) is 4.98 Å². The molecule has 2 aromatic heterocycles. The van der Waals surface area contributed by atoms with Crippen LogP contribution in [0.5, 0.6) is 0 Å². The van der Waals surface area contributed by atoms with Gasteiger partial charge in [0.1, 0.15) is 0 Å². The van der Waals surface area contributed by atoms with Gasteiger partial charge in [0.15, 0.2) is 0 Å². The van der Waals surface area contributed by atoms with Crippen molar-refractivity contribution in [2.75, 3.05) is 6.54 Å². The second kappa shape index (κ2) is 13.1. The molecule has 4 N–H and O–H groups in total. The first kappa shape index (κ1) is 24.0. The van der Waals surface area contributed by atoms with Crippen molar-refractivity contribution < 1.29 is 24.6 Å². The molecule has 3 rings (SSSR count). The molecule has 1 saturated carbocycles. The molecular formula is C21H29N5O5. The van der Waals surface area contributed by atoms with Crippen molar-refractivity contribution in [2.24, 2.45) is 5.92 Å². The van der Waals surface area contributed by atoms with Gasteiger partial charge in [-0.2, -0.15) is 0 Å². The molecule has 0 radical (unpaired) electrons. The second-order valence-corrected chi connectivity index (χ2v) is 7.32. The predicted molar refractivity (Wildman–Crippen MR) is 112 cm³/mol. The van der Waals surface area contributed by atoms with E-state index in [0.29, 0.717) is 32.2 Å². The molecule has 3 atom stereocenters. The fraction of sp³-hybridized carbons (Fsp3) is 0.476. The highest BCUT2D eigenvalue weighted by atomic mass is 16.3. The lowest BCUT2D eigenvalue weighted by Gasteiger charge is -2.16. The smallest absolute Gasteiger partial charge is 0.290 e. The van der Waals surface area contributed by atoms with E-state index in [-0.39, 0.29) is 30.2 Å². The standard InChI is InChI=1S/C20H27N5O3.CH2O2/c26-18-12-16(20(28)23-7-2-9-25-10-8-22-14-25)11-17(18)24-19(27)5-4-15-3-1-6-21-13-15;2-1-3/h1,3,6,8,10,13-14,16-18,26H,2,4-5,7,9,11-12H2,(H,23,28)(H,24,27);1H,(H,2,3)/t16-,17+,18+;/m0./s1. The zero-order valence-corrected chi connectivity index (χ0v) is 17.3. The first-order valence-electron chi connectivity index (χ1n) is 10.2. The van der Waals surface area contributed by atoms with Crippen LogP contribution in [-0.4, -0.2) is 61.7 Å². The SMILES string of the molecule is O=C(CCc1cccnc1)N[C@@H]1C[C@H](C(=O)NCCCn2ccnc2)C[C@H]1O.O=CO. The number of rotatable bonds is 9. The number of carboxylic acid groups (broad SMARTS) is 1. The molecule has 2 amide bonds. The highest BCUT2D eigenvalue weighted by Gasteiger charge is 2.37. The van der Waals surface area contributed by atoms with Crippen LogP contribution in [0.1, 0.15) is 31.2 Å². The van der Waals surface area contributed by atoms with Gasteiger partial charge in [0.25, 0.3) is 6.47 Å². The topological polar surface area (TPSA) is 146 Å². The summed E-state index contributed by atoms with van der Waals surface area (Å²) in [6, 6.07) is 3.40. The molecule has 31 heavy (non-hydrogen) atoms. The van der Waals surface area contributed by atoms with E-state index in [2.05, 4.69) is 20.6 Å². The zero-order valence-electron chi connectivity index (χ0n) is 17.3.